The smallest absolute Gasteiger partial charge is 0.0914 e. The summed E-state index contributed by atoms with van der Waals surface area (Å²) in [4.78, 5) is 0. The van der Waals surface area contributed by atoms with E-state index in [-0.39, 0.29) is 6.04 Å². The second-order valence-electron chi connectivity index (χ2n) is 3.60. The van der Waals surface area contributed by atoms with E-state index in [0.29, 0.717) is 11.6 Å². The van der Waals surface area contributed by atoms with E-state index in [0.717, 1.165) is 12.0 Å². The third-order valence-electron chi connectivity index (χ3n) is 2.42. The second kappa shape index (κ2) is 6.55. The van der Waals surface area contributed by atoms with Gasteiger partial charge in [-0.15, -0.1) is 6.42 Å². The summed E-state index contributed by atoms with van der Waals surface area (Å²) in [6.45, 7) is 2.45. The molecule has 0 aliphatic rings. The summed E-state index contributed by atoms with van der Waals surface area (Å²) in [5.74, 6) is 2.62. The van der Waals surface area contributed by atoms with Gasteiger partial charge in [-0.3, -0.25) is 0 Å². The summed E-state index contributed by atoms with van der Waals surface area (Å²) in [6.07, 6.45) is 5.61. The first-order valence-electron chi connectivity index (χ1n) is 5.30. The van der Waals surface area contributed by atoms with Crippen LogP contribution < -0.4 is 5.32 Å². The number of nitrogens with one attached hydrogen (secondary N) is 1. The zero-order chi connectivity index (χ0) is 12.0. The van der Waals surface area contributed by atoms with Crippen molar-refractivity contribution in [1.29, 1.82) is 0 Å². The fourth-order valence-corrected chi connectivity index (χ4v) is 1.50. The highest BCUT2D eigenvalue weighted by atomic mass is 35.5. The molecule has 3 heteroatoms. The molecule has 86 valence electrons. The van der Waals surface area contributed by atoms with Crippen LogP contribution in [0.4, 0.5) is 0 Å². The average molecular weight is 238 g/mol. The van der Waals surface area contributed by atoms with E-state index in [4.69, 9.17) is 18.0 Å². The van der Waals surface area contributed by atoms with Crippen molar-refractivity contribution in [2.24, 2.45) is 0 Å². The highest BCUT2D eigenvalue weighted by Crippen LogP contribution is 2.15. The van der Waals surface area contributed by atoms with Gasteiger partial charge in [0.15, 0.2) is 0 Å². The number of terminal acetylenes is 1. The van der Waals surface area contributed by atoms with Gasteiger partial charge in [-0.05, 0) is 24.1 Å². The van der Waals surface area contributed by atoms with Crippen molar-refractivity contribution in [3.8, 4) is 12.3 Å². The zero-order valence-electron chi connectivity index (χ0n) is 9.28. The van der Waals surface area contributed by atoms with Gasteiger partial charge in [0.2, 0.25) is 0 Å². The summed E-state index contributed by atoms with van der Waals surface area (Å²) < 4.78 is 0. The molecule has 2 N–H and O–H groups in total. The van der Waals surface area contributed by atoms with Crippen molar-refractivity contribution < 1.29 is 5.11 Å². The maximum absolute atomic E-state index is 9.88. The molecule has 0 saturated carbocycles. The molecule has 1 aromatic carbocycles. The molecule has 0 aliphatic carbocycles. The standard InChI is InChI=1S/C13H16ClNO/c1-3-12(4-2)15-9-13(16)10-5-7-11(14)8-6-10/h1,5-8,12-13,15-16H,4,9H2,2H3. The van der Waals surface area contributed by atoms with Crippen LogP contribution in [-0.2, 0) is 0 Å². The molecule has 0 aliphatic heterocycles. The van der Waals surface area contributed by atoms with Crippen molar-refractivity contribution in [1.82, 2.24) is 5.32 Å². The first-order chi connectivity index (χ1) is 7.67. The second-order valence-corrected chi connectivity index (χ2v) is 4.04. The Bertz CT molecular complexity index is 355. The quantitative estimate of drug-likeness (QED) is 0.771. The molecule has 0 fully saturated rings. The molecule has 0 spiro atoms. The van der Waals surface area contributed by atoms with Crippen LogP contribution >= 0.6 is 11.6 Å². The molecule has 1 aromatic rings. The van der Waals surface area contributed by atoms with E-state index < -0.39 is 6.10 Å². The predicted molar refractivity (Wildman–Crippen MR) is 67.3 cm³/mol. The number of hydrogen-bond acceptors (Lipinski definition) is 2. The summed E-state index contributed by atoms with van der Waals surface area (Å²) in [5.41, 5.74) is 0.837. The van der Waals surface area contributed by atoms with Crippen LogP contribution in [0.1, 0.15) is 25.0 Å². The third kappa shape index (κ3) is 3.86. The SMILES string of the molecule is C#CC(CC)NCC(O)c1ccc(Cl)cc1. The van der Waals surface area contributed by atoms with E-state index in [9.17, 15) is 5.11 Å². The summed E-state index contributed by atoms with van der Waals surface area (Å²) in [5, 5.41) is 13.7. The average Bonchev–Trinajstić information content (AvgIpc) is 2.31. The van der Waals surface area contributed by atoms with Gasteiger partial charge in [0, 0.05) is 11.6 Å². The summed E-state index contributed by atoms with van der Waals surface area (Å²) >= 11 is 5.76. The minimum absolute atomic E-state index is 0.0157. The Kier molecular flexibility index (Phi) is 5.34. The molecule has 1 rings (SSSR count). The minimum Gasteiger partial charge on any atom is -0.387 e. The van der Waals surface area contributed by atoms with Gasteiger partial charge in [0.1, 0.15) is 0 Å². The highest BCUT2D eigenvalue weighted by Gasteiger charge is 2.09. The molecule has 0 bridgehead atoms. The topological polar surface area (TPSA) is 32.3 Å². The fourth-order valence-electron chi connectivity index (χ4n) is 1.38. The number of aliphatic hydroxyl groups is 1. The molecule has 0 aromatic heterocycles. The fraction of sp³-hybridized carbons (Fsp3) is 0.385. The minimum atomic E-state index is -0.556. The van der Waals surface area contributed by atoms with Crippen molar-refractivity contribution in [3.05, 3.63) is 34.9 Å². The van der Waals surface area contributed by atoms with Crippen LogP contribution in [0.5, 0.6) is 0 Å². The largest absolute Gasteiger partial charge is 0.387 e. The lowest BCUT2D eigenvalue weighted by Gasteiger charge is -2.15. The number of halogens is 1. The maximum atomic E-state index is 9.88. The Labute approximate surface area is 102 Å². The van der Waals surface area contributed by atoms with Crippen LogP contribution in [0, 0.1) is 12.3 Å². The monoisotopic (exact) mass is 237 g/mol. The molecule has 0 heterocycles. The summed E-state index contributed by atoms with van der Waals surface area (Å²) in [6, 6.07) is 7.16. The third-order valence-corrected chi connectivity index (χ3v) is 2.67. The van der Waals surface area contributed by atoms with Crippen LogP contribution in [0.25, 0.3) is 0 Å². The molecular formula is C13H16ClNO. The van der Waals surface area contributed by atoms with Crippen molar-refractivity contribution in [2.45, 2.75) is 25.5 Å². The Balaban J connectivity index is 2.50. The Morgan fingerprint density at radius 3 is 2.56 bits per heavy atom. The lowest BCUT2D eigenvalue weighted by molar-refractivity contribution is 0.172. The molecule has 2 nitrogen and oxygen atoms in total. The van der Waals surface area contributed by atoms with Gasteiger partial charge in [0.05, 0.1) is 12.1 Å². The molecular weight excluding hydrogens is 222 g/mol. The van der Waals surface area contributed by atoms with Crippen molar-refractivity contribution in [2.75, 3.05) is 6.54 Å². The van der Waals surface area contributed by atoms with Gasteiger partial charge < -0.3 is 10.4 Å². The van der Waals surface area contributed by atoms with E-state index in [2.05, 4.69) is 11.2 Å². The van der Waals surface area contributed by atoms with Gasteiger partial charge in [-0.25, -0.2) is 0 Å². The molecule has 0 saturated heterocycles. The van der Waals surface area contributed by atoms with E-state index in [1.165, 1.54) is 0 Å². The Hall–Kier alpha value is -1.01. The molecule has 2 atom stereocenters. The predicted octanol–water partition coefficient (Wildman–Crippen LogP) is 2.37. The first kappa shape index (κ1) is 13.1. The number of rotatable bonds is 5. The normalized spacial score (nSPS) is 14.1. The molecule has 2 unspecified atom stereocenters. The number of aliphatic hydroxyl groups excluding tert-OH is 1. The van der Waals surface area contributed by atoms with Gasteiger partial charge in [0.25, 0.3) is 0 Å². The molecule has 0 amide bonds. The van der Waals surface area contributed by atoms with E-state index in [1.807, 2.05) is 19.1 Å². The Morgan fingerprint density at radius 1 is 1.44 bits per heavy atom. The van der Waals surface area contributed by atoms with Gasteiger partial charge >= 0.3 is 0 Å². The number of benzene rings is 1. The van der Waals surface area contributed by atoms with E-state index in [1.54, 1.807) is 12.1 Å². The molecule has 0 radical (unpaired) electrons. The first-order valence-corrected chi connectivity index (χ1v) is 5.68. The Morgan fingerprint density at radius 2 is 2.06 bits per heavy atom. The lowest BCUT2D eigenvalue weighted by Crippen LogP contribution is -2.31. The van der Waals surface area contributed by atoms with E-state index >= 15 is 0 Å². The van der Waals surface area contributed by atoms with Gasteiger partial charge in [-0.2, -0.15) is 0 Å². The zero-order valence-corrected chi connectivity index (χ0v) is 10.0. The van der Waals surface area contributed by atoms with Crippen molar-refractivity contribution >= 4 is 11.6 Å². The van der Waals surface area contributed by atoms with Crippen LogP contribution in [0.3, 0.4) is 0 Å². The lowest BCUT2D eigenvalue weighted by atomic mass is 10.1. The van der Waals surface area contributed by atoms with Crippen LogP contribution in [-0.4, -0.2) is 17.7 Å². The highest BCUT2D eigenvalue weighted by molar-refractivity contribution is 6.30. The van der Waals surface area contributed by atoms with Crippen LogP contribution in [0.15, 0.2) is 24.3 Å². The maximum Gasteiger partial charge on any atom is 0.0914 e. The van der Waals surface area contributed by atoms with Gasteiger partial charge in [-0.1, -0.05) is 36.6 Å². The van der Waals surface area contributed by atoms with Crippen molar-refractivity contribution in [3.63, 3.8) is 0 Å². The van der Waals surface area contributed by atoms with Crippen LogP contribution in [0.2, 0.25) is 5.02 Å². The molecule has 16 heavy (non-hydrogen) atoms. The summed E-state index contributed by atoms with van der Waals surface area (Å²) in [7, 11) is 0. The number of hydrogen-bond donors (Lipinski definition) is 2.